The first-order valence-corrected chi connectivity index (χ1v) is 15.2. The summed E-state index contributed by atoms with van der Waals surface area (Å²) in [5.41, 5.74) is 8.50. The molecule has 6 heteroatoms. The molecule has 0 aliphatic rings. The first kappa shape index (κ1) is 23.8. The van der Waals surface area contributed by atoms with Crippen molar-refractivity contribution in [2.75, 3.05) is 0 Å². The van der Waals surface area contributed by atoms with Crippen LogP contribution in [0.5, 0.6) is 0 Å². The van der Waals surface area contributed by atoms with E-state index in [1.165, 1.54) is 11.3 Å². The van der Waals surface area contributed by atoms with E-state index in [1.54, 1.807) is 4.40 Å². The largest absolute Gasteiger partial charge is 0.456 e. The second-order valence-electron chi connectivity index (χ2n) is 11.1. The quantitative estimate of drug-likeness (QED) is 0.203. The molecule has 5 nitrogen and oxygen atoms in total. The summed E-state index contributed by atoms with van der Waals surface area (Å²) in [6, 6.07) is 40.5. The lowest BCUT2D eigenvalue weighted by Gasteiger charge is -2.13. The van der Waals surface area contributed by atoms with E-state index in [0.29, 0.717) is 15.9 Å². The molecule has 0 bridgehead atoms. The lowest BCUT2D eigenvalue weighted by molar-refractivity contribution is 0.668. The summed E-state index contributed by atoms with van der Waals surface area (Å²) in [4.78, 5) is 20.3. The van der Waals surface area contributed by atoms with Gasteiger partial charge in [-0.1, -0.05) is 84.1 Å². The Bertz CT molecular complexity index is 2870. The molecule has 0 N–H and O–H groups in total. The van der Waals surface area contributed by atoms with Crippen LogP contribution in [0.1, 0.15) is 0 Å². The average molecular weight is 585 g/mol. The number of aromatic nitrogens is 2. The second-order valence-corrected chi connectivity index (χ2v) is 12.1. The number of rotatable bonds is 2. The van der Waals surface area contributed by atoms with Crippen LogP contribution in [0.25, 0.3) is 92.2 Å². The van der Waals surface area contributed by atoms with Gasteiger partial charge in [0.05, 0.1) is 21.1 Å². The van der Waals surface area contributed by atoms with Crippen LogP contribution in [0.2, 0.25) is 0 Å². The zero-order chi connectivity index (χ0) is 28.9. The Balaban J connectivity index is 1.40. The van der Waals surface area contributed by atoms with Crippen molar-refractivity contribution in [2.45, 2.75) is 0 Å². The van der Waals surface area contributed by atoms with Crippen LogP contribution in [-0.4, -0.2) is 9.38 Å². The van der Waals surface area contributed by atoms with Gasteiger partial charge in [0.1, 0.15) is 22.3 Å². The topological polar surface area (TPSA) is 60.7 Å². The monoisotopic (exact) mass is 584 g/mol. The second kappa shape index (κ2) is 8.66. The average Bonchev–Trinajstić information content (AvgIpc) is 3.75. The fourth-order valence-electron chi connectivity index (χ4n) is 6.75. The minimum atomic E-state index is -0.0843. The molecule has 0 spiro atoms. The Morgan fingerprint density at radius 3 is 1.93 bits per heavy atom. The number of para-hydroxylation sites is 3. The van der Waals surface area contributed by atoms with Crippen molar-refractivity contribution in [2.24, 2.45) is 0 Å². The van der Waals surface area contributed by atoms with Gasteiger partial charge in [-0.3, -0.25) is 9.20 Å². The van der Waals surface area contributed by atoms with E-state index in [2.05, 4.69) is 30.3 Å². The van der Waals surface area contributed by atoms with Gasteiger partial charge in [-0.05, 0) is 65.2 Å². The Kier molecular flexibility index (Phi) is 4.68. The van der Waals surface area contributed by atoms with Crippen LogP contribution in [0.4, 0.5) is 0 Å². The number of hydrogen-bond acceptors (Lipinski definition) is 5. The number of hydrogen-bond donors (Lipinski definition) is 0. The molecule has 0 aliphatic carbocycles. The number of nitrogens with zero attached hydrogens (tertiary/aromatic N) is 2. The van der Waals surface area contributed by atoms with Crippen molar-refractivity contribution in [3.63, 3.8) is 0 Å². The summed E-state index contributed by atoms with van der Waals surface area (Å²) in [5, 5.41) is 4.66. The third-order valence-electron chi connectivity index (χ3n) is 8.66. The Morgan fingerprint density at radius 2 is 1.18 bits per heavy atom. The zero-order valence-corrected chi connectivity index (χ0v) is 23.9. The van der Waals surface area contributed by atoms with Gasteiger partial charge in [0.2, 0.25) is 0 Å². The van der Waals surface area contributed by atoms with Crippen molar-refractivity contribution in [3.05, 3.63) is 132 Å². The number of fused-ring (bicyclic) bond motifs is 10. The summed E-state index contributed by atoms with van der Waals surface area (Å²) >= 11 is 1.53. The van der Waals surface area contributed by atoms with Gasteiger partial charge >= 0.3 is 0 Å². The van der Waals surface area contributed by atoms with Crippen molar-refractivity contribution >= 4 is 81.3 Å². The van der Waals surface area contributed by atoms with Gasteiger partial charge in [-0.25, -0.2) is 4.98 Å². The van der Waals surface area contributed by atoms with Gasteiger partial charge in [0, 0.05) is 27.1 Å². The molecule has 0 unspecified atom stereocenters. The fraction of sp³-hybridized carbons (Fsp3) is 0. The summed E-state index contributed by atoms with van der Waals surface area (Å²) < 4.78 is 15.3. The number of furan rings is 2. The van der Waals surface area contributed by atoms with Gasteiger partial charge in [0.25, 0.3) is 5.56 Å². The maximum absolute atomic E-state index is 14.5. The highest BCUT2D eigenvalue weighted by molar-refractivity contribution is 7.23. The smallest absolute Gasteiger partial charge is 0.266 e. The normalized spacial score (nSPS) is 12.2. The van der Waals surface area contributed by atoms with Crippen LogP contribution in [0, 0.1) is 0 Å². The molecule has 0 saturated carbocycles. The van der Waals surface area contributed by atoms with Crippen molar-refractivity contribution in [3.8, 4) is 22.3 Å². The first-order chi connectivity index (χ1) is 21.7. The van der Waals surface area contributed by atoms with Crippen molar-refractivity contribution < 1.29 is 8.83 Å². The highest BCUT2D eigenvalue weighted by Crippen LogP contribution is 2.43. The number of benzene rings is 6. The molecule has 6 aromatic carbocycles. The van der Waals surface area contributed by atoms with Gasteiger partial charge in [-0.15, -0.1) is 0 Å². The molecule has 4 aromatic heterocycles. The molecule has 0 saturated heterocycles. The molecule has 0 aliphatic heterocycles. The molecule has 4 heterocycles. The molecule has 44 heavy (non-hydrogen) atoms. The zero-order valence-electron chi connectivity index (χ0n) is 23.1. The van der Waals surface area contributed by atoms with Crippen LogP contribution < -0.4 is 5.56 Å². The summed E-state index contributed by atoms with van der Waals surface area (Å²) in [7, 11) is 0. The van der Waals surface area contributed by atoms with Crippen LogP contribution in [0.3, 0.4) is 0 Å². The third-order valence-corrected chi connectivity index (χ3v) is 9.68. The maximum Gasteiger partial charge on any atom is 0.266 e. The predicted octanol–water partition coefficient (Wildman–Crippen LogP) is 10.2. The molecule has 10 aromatic rings. The minimum absolute atomic E-state index is 0.0843. The van der Waals surface area contributed by atoms with E-state index in [0.717, 1.165) is 76.3 Å². The maximum atomic E-state index is 14.5. The lowest BCUT2D eigenvalue weighted by Crippen LogP contribution is -2.14. The van der Waals surface area contributed by atoms with Gasteiger partial charge in [0.15, 0.2) is 4.96 Å². The molecule has 0 radical (unpaired) electrons. The SMILES string of the molecule is O=c1c2cc(-c3cccc4oc5ccccc5c34)cc(-c3cccc4oc5ccccc5c34)c2nc2sc3ccccc3n12. The molecule has 206 valence electrons. The first-order valence-electron chi connectivity index (χ1n) is 14.4. The lowest BCUT2D eigenvalue weighted by atomic mass is 9.92. The molecule has 0 amide bonds. The van der Waals surface area contributed by atoms with E-state index < -0.39 is 0 Å². The van der Waals surface area contributed by atoms with Gasteiger partial charge < -0.3 is 8.83 Å². The molecule has 10 rings (SSSR count). The third kappa shape index (κ3) is 3.17. The van der Waals surface area contributed by atoms with E-state index in [1.807, 2.05) is 91.0 Å². The molecule has 0 atom stereocenters. The van der Waals surface area contributed by atoms with E-state index in [4.69, 9.17) is 13.8 Å². The highest BCUT2D eigenvalue weighted by atomic mass is 32.1. The molecular formula is C38H20N2O3S. The minimum Gasteiger partial charge on any atom is -0.456 e. The summed E-state index contributed by atoms with van der Waals surface area (Å²) in [6.07, 6.45) is 0. The standard InChI is InChI=1S/C38H20N2O3S/c41-37-27-20-21(22-11-7-16-31-34(22)24-9-1-4-14-29(24)42-31)19-26(36(27)39-38-40(37)28-13-3-6-18-33(28)44-38)23-12-8-17-32-35(23)25-10-2-5-15-30(25)43-32/h1-20H. The van der Waals surface area contributed by atoms with Crippen molar-refractivity contribution in [1.82, 2.24) is 9.38 Å². The highest BCUT2D eigenvalue weighted by Gasteiger charge is 2.21. The fourth-order valence-corrected chi connectivity index (χ4v) is 7.77. The Morgan fingerprint density at radius 1 is 0.568 bits per heavy atom. The Labute approximate surface area is 252 Å². The van der Waals surface area contributed by atoms with E-state index in [-0.39, 0.29) is 5.56 Å². The van der Waals surface area contributed by atoms with Gasteiger partial charge in [-0.2, -0.15) is 0 Å². The van der Waals surface area contributed by atoms with Crippen LogP contribution >= 0.6 is 11.3 Å². The summed E-state index contributed by atoms with van der Waals surface area (Å²) in [5.74, 6) is 0. The van der Waals surface area contributed by atoms with E-state index >= 15 is 0 Å². The number of thiazole rings is 1. The predicted molar refractivity (Wildman–Crippen MR) is 180 cm³/mol. The van der Waals surface area contributed by atoms with Crippen molar-refractivity contribution in [1.29, 1.82) is 0 Å². The van der Waals surface area contributed by atoms with Crippen LogP contribution in [-0.2, 0) is 0 Å². The van der Waals surface area contributed by atoms with Crippen LogP contribution in [0.15, 0.2) is 135 Å². The molecule has 0 fully saturated rings. The molecular weight excluding hydrogens is 564 g/mol. The van der Waals surface area contributed by atoms with E-state index in [9.17, 15) is 4.79 Å². The summed E-state index contributed by atoms with van der Waals surface area (Å²) in [6.45, 7) is 0. The Hall–Kier alpha value is -5.72.